The summed E-state index contributed by atoms with van der Waals surface area (Å²) < 4.78 is 0. The minimum atomic E-state index is 0.232. The van der Waals surface area contributed by atoms with Gasteiger partial charge in [-0.3, -0.25) is 4.79 Å². The molecule has 1 aliphatic carbocycles. The Balaban J connectivity index is 1.60. The highest BCUT2D eigenvalue weighted by Crippen LogP contribution is 2.48. The van der Waals surface area contributed by atoms with Crippen LogP contribution in [-0.4, -0.2) is 37.0 Å². The van der Waals surface area contributed by atoms with Crippen molar-refractivity contribution in [2.75, 3.05) is 20.1 Å². The van der Waals surface area contributed by atoms with Gasteiger partial charge in [0.25, 0.3) is 0 Å². The molecule has 3 heteroatoms. The van der Waals surface area contributed by atoms with E-state index in [9.17, 15) is 4.79 Å². The van der Waals surface area contributed by atoms with Crippen molar-refractivity contribution in [1.29, 1.82) is 0 Å². The molecule has 1 saturated carbocycles. The number of benzene rings is 1. The quantitative estimate of drug-likeness (QED) is 0.923. The summed E-state index contributed by atoms with van der Waals surface area (Å²) in [4.78, 5) is 14.8. The van der Waals surface area contributed by atoms with E-state index >= 15 is 0 Å². The lowest BCUT2D eigenvalue weighted by molar-refractivity contribution is -0.134. The van der Waals surface area contributed by atoms with E-state index < -0.39 is 0 Å². The summed E-state index contributed by atoms with van der Waals surface area (Å²) >= 11 is 0. The van der Waals surface area contributed by atoms with Crippen molar-refractivity contribution < 1.29 is 4.79 Å². The predicted octanol–water partition coefficient (Wildman–Crippen LogP) is 2.64. The smallest absolute Gasteiger partial charge is 0.226 e. The van der Waals surface area contributed by atoms with Crippen LogP contribution in [0.2, 0.25) is 0 Å². The van der Waals surface area contributed by atoms with Gasteiger partial charge in [-0.05, 0) is 37.3 Å². The highest BCUT2D eigenvalue weighted by molar-refractivity contribution is 5.83. The number of amides is 1. The summed E-state index contributed by atoms with van der Waals surface area (Å²) in [5, 5.41) is 3.41. The summed E-state index contributed by atoms with van der Waals surface area (Å²) in [6.07, 6.45) is 3.26. The SMILES string of the molecule is CCC1CN(C(=O)C2CC2c2ccccc2)CCC1NC. The van der Waals surface area contributed by atoms with Gasteiger partial charge >= 0.3 is 0 Å². The van der Waals surface area contributed by atoms with Gasteiger partial charge in [0.2, 0.25) is 5.91 Å². The molecule has 3 rings (SSSR count). The first kappa shape index (κ1) is 14.6. The van der Waals surface area contributed by atoms with Crippen molar-refractivity contribution in [3.63, 3.8) is 0 Å². The fourth-order valence-electron chi connectivity index (χ4n) is 3.80. The number of carbonyl (C=O) groups excluding carboxylic acids is 1. The summed E-state index contributed by atoms with van der Waals surface area (Å²) in [6.45, 7) is 4.07. The maximum absolute atomic E-state index is 12.7. The Labute approximate surface area is 127 Å². The zero-order valence-corrected chi connectivity index (χ0v) is 13.1. The minimum absolute atomic E-state index is 0.232. The molecule has 1 aliphatic heterocycles. The van der Waals surface area contributed by atoms with Crippen molar-refractivity contribution >= 4 is 5.91 Å². The van der Waals surface area contributed by atoms with Crippen molar-refractivity contribution in [2.45, 2.75) is 38.1 Å². The van der Waals surface area contributed by atoms with Gasteiger partial charge in [-0.15, -0.1) is 0 Å². The average Bonchev–Trinajstić information content (AvgIpc) is 3.35. The average molecular weight is 286 g/mol. The molecule has 1 saturated heterocycles. The first-order chi connectivity index (χ1) is 10.2. The third-order valence-corrected chi connectivity index (χ3v) is 5.28. The Morgan fingerprint density at radius 1 is 1.33 bits per heavy atom. The van der Waals surface area contributed by atoms with Crippen LogP contribution in [0, 0.1) is 11.8 Å². The van der Waals surface area contributed by atoms with E-state index in [2.05, 4.69) is 41.4 Å². The Hall–Kier alpha value is -1.35. The third-order valence-electron chi connectivity index (χ3n) is 5.28. The van der Waals surface area contributed by atoms with Crippen molar-refractivity contribution in [3.05, 3.63) is 35.9 Å². The van der Waals surface area contributed by atoms with E-state index in [-0.39, 0.29) is 5.92 Å². The fourth-order valence-corrected chi connectivity index (χ4v) is 3.80. The summed E-state index contributed by atoms with van der Waals surface area (Å²) in [7, 11) is 2.04. The Morgan fingerprint density at radius 3 is 2.76 bits per heavy atom. The molecule has 1 amide bonds. The lowest BCUT2D eigenvalue weighted by Crippen LogP contribution is -2.50. The first-order valence-corrected chi connectivity index (χ1v) is 8.25. The van der Waals surface area contributed by atoms with E-state index in [0.29, 0.717) is 23.8 Å². The summed E-state index contributed by atoms with van der Waals surface area (Å²) in [5.41, 5.74) is 1.33. The highest BCUT2D eigenvalue weighted by Gasteiger charge is 2.46. The third kappa shape index (κ3) is 2.98. The molecule has 114 valence electrons. The van der Waals surface area contributed by atoms with Gasteiger partial charge in [0.15, 0.2) is 0 Å². The maximum Gasteiger partial charge on any atom is 0.226 e. The Kier molecular flexibility index (Phi) is 4.29. The van der Waals surface area contributed by atoms with E-state index in [4.69, 9.17) is 0 Å². The number of nitrogens with zero attached hydrogens (tertiary/aromatic N) is 1. The monoisotopic (exact) mass is 286 g/mol. The Morgan fingerprint density at radius 2 is 2.10 bits per heavy atom. The van der Waals surface area contributed by atoms with E-state index in [0.717, 1.165) is 32.4 Å². The molecule has 21 heavy (non-hydrogen) atoms. The summed E-state index contributed by atoms with van der Waals surface area (Å²) in [5.74, 6) is 1.68. The number of rotatable bonds is 4. The Bertz CT molecular complexity index is 487. The van der Waals surface area contributed by atoms with Crippen LogP contribution >= 0.6 is 0 Å². The molecule has 2 aliphatic rings. The largest absolute Gasteiger partial charge is 0.342 e. The van der Waals surface area contributed by atoms with Gasteiger partial charge in [-0.1, -0.05) is 43.7 Å². The van der Waals surface area contributed by atoms with Crippen LogP contribution in [0.25, 0.3) is 0 Å². The van der Waals surface area contributed by atoms with E-state index in [1.165, 1.54) is 5.56 Å². The zero-order valence-electron chi connectivity index (χ0n) is 13.1. The fraction of sp³-hybridized carbons (Fsp3) is 0.611. The van der Waals surface area contributed by atoms with E-state index in [1.807, 2.05) is 13.1 Å². The minimum Gasteiger partial charge on any atom is -0.342 e. The van der Waals surface area contributed by atoms with Crippen molar-refractivity contribution in [1.82, 2.24) is 10.2 Å². The predicted molar refractivity (Wildman–Crippen MR) is 85.1 cm³/mol. The second-order valence-electron chi connectivity index (χ2n) is 6.50. The lowest BCUT2D eigenvalue weighted by atomic mass is 9.89. The van der Waals surface area contributed by atoms with Gasteiger partial charge in [0.05, 0.1) is 0 Å². The molecular weight excluding hydrogens is 260 g/mol. The maximum atomic E-state index is 12.7. The first-order valence-electron chi connectivity index (χ1n) is 8.25. The lowest BCUT2D eigenvalue weighted by Gasteiger charge is -2.38. The molecule has 3 nitrogen and oxygen atoms in total. The molecule has 4 atom stereocenters. The van der Waals surface area contributed by atoms with Gasteiger partial charge in [-0.2, -0.15) is 0 Å². The van der Waals surface area contributed by atoms with Gasteiger partial charge < -0.3 is 10.2 Å². The molecule has 1 N–H and O–H groups in total. The van der Waals surface area contributed by atoms with Crippen molar-refractivity contribution in [2.24, 2.45) is 11.8 Å². The zero-order chi connectivity index (χ0) is 14.8. The van der Waals surface area contributed by atoms with Crippen LogP contribution in [0.5, 0.6) is 0 Å². The van der Waals surface area contributed by atoms with Crippen LogP contribution in [0.1, 0.15) is 37.7 Å². The van der Waals surface area contributed by atoms with E-state index in [1.54, 1.807) is 0 Å². The van der Waals surface area contributed by atoms with Crippen LogP contribution in [-0.2, 0) is 4.79 Å². The van der Waals surface area contributed by atoms with Crippen LogP contribution in [0.4, 0.5) is 0 Å². The van der Waals surface area contributed by atoms with Crippen LogP contribution in [0.15, 0.2) is 30.3 Å². The number of carbonyl (C=O) groups is 1. The molecule has 0 spiro atoms. The summed E-state index contributed by atoms with van der Waals surface area (Å²) in [6, 6.07) is 11.1. The van der Waals surface area contributed by atoms with Gasteiger partial charge in [0, 0.05) is 25.0 Å². The second-order valence-corrected chi connectivity index (χ2v) is 6.50. The van der Waals surface area contributed by atoms with Gasteiger partial charge in [-0.25, -0.2) is 0 Å². The molecule has 0 bridgehead atoms. The number of hydrogen-bond acceptors (Lipinski definition) is 2. The molecule has 0 aromatic heterocycles. The second kappa shape index (κ2) is 6.18. The molecule has 1 heterocycles. The van der Waals surface area contributed by atoms with Crippen LogP contribution in [0.3, 0.4) is 0 Å². The highest BCUT2D eigenvalue weighted by atomic mass is 16.2. The molecule has 4 unspecified atom stereocenters. The molecule has 1 aromatic carbocycles. The number of nitrogens with one attached hydrogen (secondary N) is 1. The number of piperidine rings is 1. The standard InChI is InChI=1S/C18H26N2O/c1-3-13-12-20(10-9-17(13)19-2)18(21)16-11-15(16)14-7-5-4-6-8-14/h4-8,13,15-17,19H,3,9-12H2,1-2H3. The normalized spacial score (nSPS) is 32.0. The number of hydrogen-bond donors (Lipinski definition) is 1. The molecule has 1 aromatic rings. The molecule has 0 radical (unpaired) electrons. The van der Waals surface area contributed by atoms with Gasteiger partial charge in [0.1, 0.15) is 0 Å². The molecule has 2 fully saturated rings. The number of likely N-dealkylation sites (tertiary alicyclic amines) is 1. The molecular formula is C18H26N2O. The van der Waals surface area contributed by atoms with Crippen LogP contribution < -0.4 is 5.32 Å². The van der Waals surface area contributed by atoms with Crippen molar-refractivity contribution in [3.8, 4) is 0 Å². The topological polar surface area (TPSA) is 32.3 Å².